The van der Waals surface area contributed by atoms with Gasteiger partial charge in [0.05, 0.1) is 26.4 Å². The molecule has 6 nitrogen and oxygen atoms in total. The second kappa shape index (κ2) is 12.1. The molecule has 0 heterocycles. The minimum Gasteiger partial charge on any atom is -0.305 e. The molecule has 0 bridgehead atoms. The average Bonchev–Trinajstić information content (AvgIpc) is 2.59. The monoisotopic (exact) mass is 480 g/mol. The van der Waals surface area contributed by atoms with Crippen molar-refractivity contribution in [3.8, 4) is 0 Å². The van der Waals surface area contributed by atoms with Gasteiger partial charge in [0.1, 0.15) is 0 Å². The van der Waals surface area contributed by atoms with Gasteiger partial charge in [-0.3, -0.25) is 9.13 Å². The van der Waals surface area contributed by atoms with Crippen molar-refractivity contribution in [2.45, 2.75) is 27.7 Å². The van der Waals surface area contributed by atoms with Gasteiger partial charge in [-0.05, 0) is 51.5 Å². The van der Waals surface area contributed by atoms with Gasteiger partial charge in [0.15, 0.2) is 5.06 Å². The maximum atomic E-state index is 13.3. The Bertz CT molecular complexity index is 695. The third kappa shape index (κ3) is 7.43. The summed E-state index contributed by atoms with van der Waals surface area (Å²) in [5.41, 5.74) is 0.908. The SMILES string of the molecule is CCOP(=O)(OCC)C(=C/C=C/c1cccc(Br)c1)P(=O)(OCC)OCC. The van der Waals surface area contributed by atoms with Gasteiger partial charge >= 0.3 is 15.2 Å². The Morgan fingerprint density at radius 3 is 1.81 bits per heavy atom. The molecule has 0 aliphatic rings. The van der Waals surface area contributed by atoms with Crippen LogP contribution in [0.25, 0.3) is 6.08 Å². The minimum atomic E-state index is -3.85. The summed E-state index contributed by atoms with van der Waals surface area (Å²) in [6.45, 7) is 7.26. The molecular weight excluding hydrogens is 454 g/mol. The Labute approximate surface area is 170 Å². The van der Waals surface area contributed by atoms with Gasteiger partial charge in [0.25, 0.3) is 0 Å². The summed E-state index contributed by atoms with van der Waals surface area (Å²) in [5, 5.41) is -0.103. The highest BCUT2D eigenvalue weighted by Gasteiger charge is 2.44. The lowest BCUT2D eigenvalue weighted by Crippen LogP contribution is -2.04. The third-order valence-corrected chi connectivity index (χ3v) is 8.92. The Morgan fingerprint density at radius 2 is 1.41 bits per heavy atom. The van der Waals surface area contributed by atoms with Crippen molar-refractivity contribution in [1.82, 2.24) is 0 Å². The lowest BCUT2D eigenvalue weighted by atomic mass is 10.2. The smallest absolute Gasteiger partial charge is 0.305 e. The number of hydrogen-bond donors (Lipinski definition) is 0. The Hall–Kier alpha value is -0.520. The summed E-state index contributed by atoms with van der Waals surface area (Å²) in [7, 11) is -7.71. The van der Waals surface area contributed by atoms with Crippen LogP contribution in [0.1, 0.15) is 33.3 Å². The molecule has 0 radical (unpaired) electrons. The van der Waals surface area contributed by atoms with E-state index in [1.807, 2.05) is 24.3 Å². The maximum Gasteiger partial charge on any atom is 0.369 e. The molecule has 9 heteroatoms. The molecule has 0 N–H and O–H groups in total. The summed E-state index contributed by atoms with van der Waals surface area (Å²) >= 11 is 3.41. The molecular formula is C18H27BrO6P2. The van der Waals surface area contributed by atoms with Crippen LogP contribution in [0, 0.1) is 0 Å². The van der Waals surface area contributed by atoms with Crippen LogP contribution in [0.3, 0.4) is 0 Å². The van der Waals surface area contributed by atoms with E-state index in [2.05, 4.69) is 15.9 Å². The van der Waals surface area contributed by atoms with E-state index in [9.17, 15) is 9.13 Å². The first-order valence-corrected chi connectivity index (χ1v) is 12.7. The van der Waals surface area contributed by atoms with E-state index >= 15 is 0 Å². The molecule has 0 aliphatic carbocycles. The van der Waals surface area contributed by atoms with Crippen molar-refractivity contribution in [1.29, 1.82) is 0 Å². The van der Waals surface area contributed by atoms with E-state index < -0.39 is 15.2 Å². The molecule has 0 saturated carbocycles. The second-order valence-electron chi connectivity index (χ2n) is 5.11. The number of benzene rings is 1. The molecule has 1 aromatic rings. The van der Waals surface area contributed by atoms with Crippen molar-refractivity contribution in [2.75, 3.05) is 26.4 Å². The van der Waals surface area contributed by atoms with Crippen molar-refractivity contribution in [3.63, 3.8) is 0 Å². The minimum absolute atomic E-state index is 0.103. The zero-order chi connectivity index (χ0) is 20.3. The molecule has 0 spiro atoms. The number of rotatable bonds is 12. The Kier molecular flexibility index (Phi) is 11.0. The van der Waals surface area contributed by atoms with Gasteiger partial charge in [0, 0.05) is 4.47 Å². The first kappa shape index (κ1) is 24.5. The highest BCUT2D eigenvalue weighted by molar-refractivity contribution is 9.10. The van der Waals surface area contributed by atoms with E-state index in [0.717, 1.165) is 10.0 Å². The van der Waals surface area contributed by atoms with E-state index in [4.69, 9.17) is 18.1 Å². The summed E-state index contributed by atoms with van der Waals surface area (Å²) in [4.78, 5) is 0. The summed E-state index contributed by atoms with van der Waals surface area (Å²) < 4.78 is 49.1. The zero-order valence-corrected chi connectivity index (χ0v) is 19.5. The van der Waals surface area contributed by atoms with Crippen LogP contribution in [0.15, 0.2) is 45.9 Å². The van der Waals surface area contributed by atoms with Gasteiger partial charge in [-0.25, -0.2) is 0 Å². The molecule has 1 rings (SSSR count). The molecule has 0 atom stereocenters. The molecule has 0 aliphatic heterocycles. The fourth-order valence-corrected chi connectivity index (χ4v) is 7.09. The molecule has 0 saturated heterocycles. The predicted molar refractivity (Wildman–Crippen MR) is 113 cm³/mol. The standard InChI is InChI=1S/C18H27BrO6P2/c1-5-22-26(20,23-6-2)18(27(21,24-7-3)25-8-4)14-10-12-16-11-9-13-17(19)15-16/h9-15H,5-8H2,1-4H3/b12-10+. The van der Waals surface area contributed by atoms with Crippen LogP contribution >= 0.6 is 31.1 Å². The van der Waals surface area contributed by atoms with Crippen molar-refractivity contribution in [3.05, 3.63) is 51.5 Å². The normalized spacial score (nSPS) is 12.5. The molecule has 0 aromatic heterocycles. The van der Waals surface area contributed by atoms with Crippen LogP contribution in [0.5, 0.6) is 0 Å². The molecule has 0 fully saturated rings. The van der Waals surface area contributed by atoms with Gasteiger partial charge in [-0.1, -0.05) is 40.2 Å². The average molecular weight is 481 g/mol. The lowest BCUT2D eigenvalue weighted by molar-refractivity contribution is 0.214. The van der Waals surface area contributed by atoms with Crippen molar-refractivity contribution in [2.24, 2.45) is 0 Å². The third-order valence-electron chi connectivity index (χ3n) is 3.14. The van der Waals surface area contributed by atoms with Crippen LogP contribution in [-0.2, 0) is 27.2 Å². The first-order chi connectivity index (χ1) is 12.8. The van der Waals surface area contributed by atoms with Crippen molar-refractivity contribution >= 4 is 37.2 Å². The van der Waals surface area contributed by atoms with Crippen LogP contribution < -0.4 is 0 Å². The van der Waals surface area contributed by atoms with Crippen LogP contribution in [-0.4, -0.2) is 26.4 Å². The Morgan fingerprint density at radius 1 is 0.926 bits per heavy atom. The van der Waals surface area contributed by atoms with Crippen molar-refractivity contribution < 1.29 is 27.2 Å². The van der Waals surface area contributed by atoms with E-state index in [1.54, 1.807) is 39.8 Å². The van der Waals surface area contributed by atoms with Crippen LogP contribution in [0.2, 0.25) is 0 Å². The van der Waals surface area contributed by atoms with Gasteiger partial charge in [-0.15, -0.1) is 0 Å². The zero-order valence-electron chi connectivity index (χ0n) is 16.1. The highest BCUT2D eigenvalue weighted by Crippen LogP contribution is 2.73. The lowest BCUT2D eigenvalue weighted by Gasteiger charge is -2.25. The quantitative estimate of drug-likeness (QED) is 0.241. The molecule has 1 aromatic carbocycles. The van der Waals surface area contributed by atoms with Gasteiger partial charge in [0.2, 0.25) is 0 Å². The largest absolute Gasteiger partial charge is 0.369 e. The molecule has 152 valence electrons. The highest BCUT2D eigenvalue weighted by atomic mass is 79.9. The topological polar surface area (TPSA) is 71.1 Å². The fourth-order valence-electron chi connectivity index (χ4n) is 2.21. The predicted octanol–water partition coefficient (Wildman–Crippen LogP) is 6.84. The molecule has 27 heavy (non-hydrogen) atoms. The van der Waals surface area contributed by atoms with Gasteiger partial charge in [-0.2, -0.15) is 0 Å². The van der Waals surface area contributed by atoms with E-state index in [-0.39, 0.29) is 31.5 Å². The van der Waals surface area contributed by atoms with Gasteiger partial charge < -0.3 is 18.1 Å². The summed E-state index contributed by atoms with van der Waals surface area (Å²) in [5.74, 6) is 0. The number of halogens is 1. The maximum absolute atomic E-state index is 13.3. The van der Waals surface area contributed by atoms with E-state index in [1.165, 1.54) is 6.08 Å². The fraction of sp³-hybridized carbons (Fsp3) is 0.444. The molecule has 0 amide bonds. The number of allylic oxidation sites excluding steroid dienone is 2. The Balaban J connectivity index is 3.42. The van der Waals surface area contributed by atoms with E-state index in [0.29, 0.717) is 0 Å². The number of hydrogen-bond acceptors (Lipinski definition) is 6. The first-order valence-electron chi connectivity index (χ1n) is 8.78. The molecule has 0 unspecified atom stereocenters. The second-order valence-corrected chi connectivity index (χ2v) is 10.4. The summed E-state index contributed by atoms with van der Waals surface area (Å²) in [6.07, 6.45) is 4.86. The van der Waals surface area contributed by atoms with Crippen LogP contribution in [0.4, 0.5) is 0 Å². The summed E-state index contributed by atoms with van der Waals surface area (Å²) in [6, 6.07) is 7.63.